The van der Waals surface area contributed by atoms with Crippen LogP contribution in [0, 0.1) is 13.8 Å². The standard InChI is InChI=1S/C14H23NOS/c1-5-13(15-6-2)10-17(16)14-9-11(3)7-8-12(14)4/h7-9,13,15H,5-6,10H2,1-4H3. The molecule has 1 rings (SSSR count). The number of aryl methyl sites for hydroxylation is 2. The smallest absolute Gasteiger partial charge is 0.0548 e. The van der Waals surface area contributed by atoms with Gasteiger partial charge < -0.3 is 5.32 Å². The van der Waals surface area contributed by atoms with Gasteiger partial charge in [0.05, 0.1) is 10.8 Å². The van der Waals surface area contributed by atoms with Crippen LogP contribution in [0.4, 0.5) is 0 Å². The highest BCUT2D eigenvalue weighted by Crippen LogP contribution is 2.16. The molecule has 0 saturated heterocycles. The molecular weight excluding hydrogens is 230 g/mol. The highest BCUT2D eigenvalue weighted by atomic mass is 32.2. The molecule has 2 unspecified atom stereocenters. The molecule has 0 spiro atoms. The van der Waals surface area contributed by atoms with E-state index in [1.807, 2.05) is 19.9 Å². The summed E-state index contributed by atoms with van der Waals surface area (Å²) in [6.07, 6.45) is 1.02. The molecule has 2 nitrogen and oxygen atoms in total. The second-order valence-corrected chi connectivity index (χ2v) is 5.91. The zero-order valence-electron chi connectivity index (χ0n) is 11.2. The minimum atomic E-state index is -0.899. The monoisotopic (exact) mass is 253 g/mol. The Morgan fingerprint density at radius 1 is 1.29 bits per heavy atom. The molecule has 0 heterocycles. The lowest BCUT2D eigenvalue weighted by molar-refractivity contribution is 0.553. The summed E-state index contributed by atoms with van der Waals surface area (Å²) in [5.41, 5.74) is 2.30. The van der Waals surface area contributed by atoms with E-state index in [1.54, 1.807) is 0 Å². The van der Waals surface area contributed by atoms with E-state index in [1.165, 1.54) is 5.56 Å². The van der Waals surface area contributed by atoms with Crippen molar-refractivity contribution in [3.8, 4) is 0 Å². The minimum Gasteiger partial charge on any atom is -0.313 e. The van der Waals surface area contributed by atoms with E-state index < -0.39 is 10.8 Å². The van der Waals surface area contributed by atoms with Gasteiger partial charge in [-0.25, -0.2) is 0 Å². The van der Waals surface area contributed by atoms with E-state index in [-0.39, 0.29) is 0 Å². The number of rotatable bonds is 6. The van der Waals surface area contributed by atoms with Crippen molar-refractivity contribution in [2.45, 2.75) is 45.1 Å². The lowest BCUT2D eigenvalue weighted by Gasteiger charge is -2.16. The highest BCUT2D eigenvalue weighted by Gasteiger charge is 2.13. The maximum atomic E-state index is 12.3. The van der Waals surface area contributed by atoms with Crippen LogP contribution in [0.3, 0.4) is 0 Å². The first-order valence-electron chi connectivity index (χ1n) is 6.27. The molecule has 3 heteroatoms. The van der Waals surface area contributed by atoms with Gasteiger partial charge in [-0.05, 0) is 44.0 Å². The van der Waals surface area contributed by atoms with E-state index in [0.29, 0.717) is 11.8 Å². The molecular formula is C14H23NOS. The summed E-state index contributed by atoms with van der Waals surface area (Å²) in [7, 11) is -0.899. The van der Waals surface area contributed by atoms with Crippen LogP contribution in [0.5, 0.6) is 0 Å². The van der Waals surface area contributed by atoms with Gasteiger partial charge in [0.25, 0.3) is 0 Å². The molecule has 0 aromatic heterocycles. The molecule has 0 bridgehead atoms. The van der Waals surface area contributed by atoms with Crippen LogP contribution in [0.2, 0.25) is 0 Å². The fraction of sp³-hybridized carbons (Fsp3) is 0.571. The highest BCUT2D eigenvalue weighted by molar-refractivity contribution is 7.85. The molecule has 0 fully saturated rings. The second kappa shape index (κ2) is 6.92. The average molecular weight is 253 g/mol. The summed E-state index contributed by atoms with van der Waals surface area (Å²) in [6.45, 7) is 9.22. The molecule has 2 atom stereocenters. The van der Waals surface area contributed by atoms with E-state index in [2.05, 4.69) is 31.3 Å². The maximum Gasteiger partial charge on any atom is 0.0548 e. The Morgan fingerprint density at radius 3 is 2.59 bits per heavy atom. The van der Waals surface area contributed by atoms with Crippen molar-refractivity contribution in [3.05, 3.63) is 29.3 Å². The van der Waals surface area contributed by atoms with Crippen LogP contribution >= 0.6 is 0 Å². The van der Waals surface area contributed by atoms with Gasteiger partial charge in [0.15, 0.2) is 0 Å². The van der Waals surface area contributed by atoms with E-state index in [9.17, 15) is 4.21 Å². The zero-order valence-corrected chi connectivity index (χ0v) is 12.1. The lowest BCUT2D eigenvalue weighted by atomic mass is 10.2. The van der Waals surface area contributed by atoms with Gasteiger partial charge in [-0.1, -0.05) is 26.0 Å². The fourth-order valence-electron chi connectivity index (χ4n) is 1.83. The summed E-state index contributed by atoms with van der Waals surface area (Å²) in [6, 6.07) is 6.51. The predicted octanol–water partition coefficient (Wildman–Crippen LogP) is 2.80. The predicted molar refractivity (Wildman–Crippen MR) is 74.9 cm³/mol. The summed E-state index contributed by atoms with van der Waals surface area (Å²) >= 11 is 0. The molecule has 0 saturated carbocycles. The van der Waals surface area contributed by atoms with Gasteiger partial charge in [-0.3, -0.25) is 4.21 Å². The molecule has 1 N–H and O–H groups in total. The van der Waals surface area contributed by atoms with Crippen LogP contribution in [-0.4, -0.2) is 22.5 Å². The minimum absolute atomic E-state index is 0.348. The van der Waals surface area contributed by atoms with Gasteiger partial charge in [-0.2, -0.15) is 0 Å². The molecule has 1 aromatic rings. The maximum absolute atomic E-state index is 12.3. The van der Waals surface area contributed by atoms with Crippen molar-refractivity contribution in [1.29, 1.82) is 0 Å². The van der Waals surface area contributed by atoms with Crippen molar-refractivity contribution >= 4 is 10.8 Å². The Bertz CT molecular complexity index is 390. The number of nitrogens with one attached hydrogen (secondary N) is 1. The Labute approximate surface area is 107 Å². The van der Waals surface area contributed by atoms with Gasteiger partial charge in [0.1, 0.15) is 0 Å². The number of benzene rings is 1. The van der Waals surface area contributed by atoms with Crippen molar-refractivity contribution in [2.75, 3.05) is 12.3 Å². The normalized spacial score (nSPS) is 14.6. The van der Waals surface area contributed by atoms with Crippen LogP contribution in [0.15, 0.2) is 23.1 Å². The first-order chi connectivity index (χ1) is 8.08. The third kappa shape index (κ3) is 4.25. The van der Waals surface area contributed by atoms with E-state index >= 15 is 0 Å². The van der Waals surface area contributed by atoms with Crippen molar-refractivity contribution in [2.24, 2.45) is 0 Å². The van der Waals surface area contributed by atoms with Gasteiger partial charge >= 0.3 is 0 Å². The Morgan fingerprint density at radius 2 is 2.00 bits per heavy atom. The zero-order chi connectivity index (χ0) is 12.8. The molecule has 1 aromatic carbocycles. The van der Waals surface area contributed by atoms with Gasteiger partial charge in [-0.15, -0.1) is 0 Å². The van der Waals surface area contributed by atoms with Crippen LogP contribution in [0.25, 0.3) is 0 Å². The third-order valence-electron chi connectivity index (χ3n) is 2.93. The first-order valence-corrected chi connectivity index (χ1v) is 7.59. The molecule has 0 amide bonds. The topological polar surface area (TPSA) is 29.1 Å². The van der Waals surface area contributed by atoms with Gasteiger partial charge in [0.2, 0.25) is 0 Å². The molecule has 96 valence electrons. The largest absolute Gasteiger partial charge is 0.313 e. The quantitative estimate of drug-likeness (QED) is 0.844. The van der Waals surface area contributed by atoms with Gasteiger partial charge in [0, 0.05) is 16.7 Å². The fourth-order valence-corrected chi connectivity index (χ4v) is 3.48. The lowest BCUT2D eigenvalue weighted by Crippen LogP contribution is -2.33. The molecule has 0 aliphatic carbocycles. The summed E-state index contributed by atoms with van der Waals surface area (Å²) in [5, 5.41) is 3.37. The van der Waals surface area contributed by atoms with Crippen molar-refractivity contribution in [3.63, 3.8) is 0 Å². The van der Waals surface area contributed by atoms with Crippen LogP contribution in [0.1, 0.15) is 31.4 Å². The van der Waals surface area contributed by atoms with E-state index in [0.717, 1.165) is 23.4 Å². The van der Waals surface area contributed by atoms with Crippen molar-refractivity contribution < 1.29 is 4.21 Å². The third-order valence-corrected chi connectivity index (χ3v) is 4.56. The first kappa shape index (κ1) is 14.4. The van der Waals surface area contributed by atoms with E-state index in [4.69, 9.17) is 0 Å². The Hall–Kier alpha value is -0.670. The average Bonchev–Trinajstić information content (AvgIpc) is 2.31. The van der Waals surface area contributed by atoms with Crippen molar-refractivity contribution in [1.82, 2.24) is 5.32 Å². The van der Waals surface area contributed by atoms with Crippen LogP contribution in [-0.2, 0) is 10.8 Å². The summed E-state index contributed by atoms with van der Waals surface area (Å²) < 4.78 is 12.3. The van der Waals surface area contributed by atoms with Crippen LogP contribution < -0.4 is 5.32 Å². The second-order valence-electron chi connectivity index (χ2n) is 4.44. The number of hydrogen-bond acceptors (Lipinski definition) is 2. The summed E-state index contributed by atoms with van der Waals surface area (Å²) in [4.78, 5) is 0.987. The number of hydrogen-bond donors (Lipinski definition) is 1. The molecule has 0 radical (unpaired) electrons. The molecule has 0 aliphatic heterocycles. The Balaban J connectivity index is 2.78. The molecule has 17 heavy (non-hydrogen) atoms. The summed E-state index contributed by atoms with van der Waals surface area (Å²) in [5.74, 6) is 0.703. The SMILES string of the molecule is CCNC(CC)CS(=O)c1cc(C)ccc1C. The molecule has 0 aliphatic rings. The Kier molecular flexibility index (Phi) is 5.86.